The van der Waals surface area contributed by atoms with E-state index in [4.69, 9.17) is 4.74 Å². The molecule has 0 saturated heterocycles. The predicted octanol–water partition coefficient (Wildman–Crippen LogP) is 21.8. The summed E-state index contributed by atoms with van der Waals surface area (Å²) in [5, 5.41) is 23.3. The van der Waals surface area contributed by atoms with E-state index in [0.29, 0.717) is 25.9 Å². The Labute approximate surface area is 469 Å². The van der Waals surface area contributed by atoms with Crippen LogP contribution in [-0.2, 0) is 14.3 Å². The van der Waals surface area contributed by atoms with Crippen molar-refractivity contribution in [1.29, 1.82) is 0 Å². The number of carbonyl (C=O) groups is 2. The van der Waals surface area contributed by atoms with Gasteiger partial charge in [-0.15, -0.1) is 0 Å². The van der Waals surface area contributed by atoms with E-state index in [0.717, 1.165) is 44.9 Å². The zero-order valence-corrected chi connectivity index (χ0v) is 50.8. The topological polar surface area (TPSA) is 95.9 Å². The van der Waals surface area contributed by atoms with Gasteiger partial charge in [-0.05, 0) is 77.0 Å². The van der Waals surface area contributed by atoms with Gasteiger partial charge in [-0.25, -0.2) is 0 Å². The second-order valence-corrected chi connectivity index (χ2v) is 23.5. The fourth-order valence-corrected chi connectivity index (χ4v) is 10.7. The molecule has 0 heterocycles. The summed E-state index contributed by atoms with van der Waals surface area (Å²) >= 11 is 0. The zero-order valence-electron chi connectivity index (χ0n) is 50.8. The van der Waals surface area contributed by atoms with Gasteiger partial charge >= 0.3 is 5.97 Å². The highest BCUT2D eigenvalue weighted by atomic mass is 16.5. The number of amides is 1. The number of allylic oxidation sites excluding steroid dienone is 4. The molecular weight excluding hydrogens is 923 g/mol. The van der Waals surface area contributed by atoms with Crippen molar-refractivity contribution in [3.8, 4) is 0 Å². The van der Waals surface area contributed by atoms with Crippen LogP contribution < -0.4 is 5.32 Å². The molecule has 0 spiro atoms. The molecule has 0 aliphatic carbocycles. The molecule has 0 fully saturated rings. The number of carbonyl (C=O) groups excluding carboxylic acids is 2. The number of aliphatic hydroxyl groups excluding tert-OH is 2. The first-order valence-electron chi connectivity index (χ1n) is 34.1. The molecule has 1 amide bonds. The molecule has 0 aliphatic rings. The van der Waals surface area contributed by atoms with E-state index in [1.54, 1.807) is 0 Å². The van der Waals surface area contributed by atoms with Crippen molar-refractivity contribution in [3.05, 3.63) is 24.3 Å². The summed E-state index contributed by atoms with van der Waals surface area (Å²) in [6, 6.07) is -0.540. The highest BCUT2D eigenvalue weighted by Gasteiger charge is 2.20. The number of esters is 1. The molecule has 0 saturated carbocycles. The Bertz CT molecular complexity index is 1170. The van der Waals surface area contributed by atoms with E-state index < -0.39 is 12.1 Å². The van der Waals surface area contributed by atoms with Gasteiger partial charge in [0.05, 0.1) is 25.4 Å². The van der Waals surface area contributed by atoms with Crippen LogP contribution in [0.3, 0.4) is 0 Å². The fourth-order valence-electron chi connectivity index (χ4n) is 10.7. The number of hydrogen-bond donors (Lipinski definition) is 3. The molecule has 6 nitrogen and oxygen atoms in total. The van der Waals surface area contributed by atoms with E-state index in [-0.39, 0.29) is 18.5 Å². The molecule has 444 valence electrons. The van der Waals surface area contributed by atoms with E-state index in [9.17, 15) is 19.8 Å². The summed E-state index contributed by atoms with van der Waals surface area (Å²) < 4.78 is 5.47. The largest absolute Gasteiger partial charge is 0.466 e. The highest BCUT2D eigenvalue weighted by molar-refractivity contribution is 5.76. The first-order chi connectivity index (χ1) is 37.0. The molecule has 0 aromatic carbocycles. The summed E-state index contributed by atoms with van der Waals surface area (Å²) in [6.07, 6.45) is 80.8. The van der Waals surface area contributed by atoms with Crippen LogP contribution in [-0.4, -0.2) is 47.4 Å². The Morgan fingerprint density at radius 1 is 0.360 bits per heavy atom. The van der Waals surface area contributed by atoms with Crippen LogP contribution >= 0.6 is 0 Å². The number of rotatable bonds is 64. The van der Waals surface area contributed by atoms with Crippen LogP contribution in [0.4, 0.5) is 0 Å². The smallest absolute Gasteiger partial charge is 0.305 e. The van der Waals surface area contributed by atoms with Crippen molar-refractivity contribution in [3.63, 3.8) is 0 Å². The molecule has 2 atom stereocenters. The average Bonchev–Trinajstić information content (AvgIpc) is 3.41. The fraction of sp³-hybridized carbons (Fsp3) is 0.913. The first kappa shape index (κ1) is 73.3. The van der Waals surface area contributed by atoms with E-state index in [2.05, 4.69) is 43.5 Å². The maximum absolute atomic E-state index is 12.5. The Morgan fingerprint density at radius 3 is 0.973 bits per heavy atom. The van der Waals surface area contributed by atoms with Crippen molar-refractivity contribution in [2.45, 2.75) is 392 Å². The van der Waals surface area contributed by atoms with Crippen molar-refractivity contribution >= 4 is 11.9 Å². The Hall–Kier alpha value is -1.66. The van der Waals surface area contributed by atoms with Crippen molar-refractivity contribution in [1.82, 2.24) is 5.32 Å². The van der Waals surface area contributed by atoms with E-state index in [1.807, 2.05) is 0 Å². The van der Waals surface area contributed by atoms with Crippen LogP contribution in [0.25, 0.3) is 0 Å². The van der Waals surface area contributed by atoms with Gasteiger partial charge in [0.25, 0.3) is 0 Å². The van der Waals surface area contributed by atoms with Crippen molar-refractivity contribution in [2.75, 3.05) is 13.2 Å². The average molecular weight is 1060 g/mol. The number of unbranched alkanes of at least 4 members (excludes halogenated alkanes) is 49. The molecule has 0 aliphatic heterocycles. The minimum Gasteiger partial charge on any atom is -0.466 e. The molecule has 0 radical (unpaired) electrons. The second kappa shape index (κ2) is 64.9. The van der Waals surface area contributed by atoms with Gasteiger partial charge in [-0.3, -0.25) is 9.59 Å². The quantitative estimate of drug-likeness (QED) is 0.0320. The van der Waals surface area contributed by atoms with Gasteiger partial charge in [-0.1, -0.05) is 314 Å². The van der Waals surface area contributed by atoms with Gasteiger partial charge in [0, 0.05) is 12.8 Å². The first-order valence-corrected chi connectivity index (χ1v) is 34.1. The molecule has 0 bridgehead atoms. The highest BCUT2D eigenvalue weighted by Crippen LogP contribution is 2.18. The number of aliphatic hydroxyl groups is 2. The molecule has 0 rings (SSSR count). The molecule has 75 heavy (non-hydrogen) atoms. The van der Waals surface area contributed by atoms with E-state index in [1.165, 1.54) is 302 Å². The number of nitrogens with one attached hydrogen (secondary N) is 1. The Morgan fingerprint density at radius 2 is 0.627 bits per heavy atom. The second-order valence-electron chi connectivity index (χ2n) is 23.5. The van der Waals surface area contributed by atoms with Gasteiger partial charge in [-0.2, -0.15) is 0 Å². The van der Waals surface area contributed by atoms with Gasteiger partial charge in [0.15, 0.2) is 0 Å². The van der Waals surface area contributed by atoms with Crippen LogP contribution in [0.15, 0.2) is 24.3 Å². The standard InChI is InChI=1S/C69H133NO5/c1-3-5-7-9-11-13-15-17-18-35-38-41-45-49-53-57-61-67(72)66(65-71)70-68(73)62-58-54-50-46-42-39-36-33-31-29-27-25-23-21-19-20-22-24-26-28-30-32-34-37-40-44-48-52-56-60-64-75-69(74)63-59-55-51-47-43-16-14-12-10-8-6-4-2/h12,14,20,22,66-67,71-72H,3-11,13,15-19,21,23-65H2,1-2H3,(H,70,73)/b14-12-,22-20-. The van der Waals surface area contributed by atoms with Gasteiger partial charge < -0.3 is 20.3 Å². The third-order valence-corrected chi connectivity index (χ3v) is 16.0. The summed E-state index contributed by atoms with van der Waals surface area (Å²) in [4.78, 5) is 24.5. The Balaban J connectivity index is 3.36. The van der Waals surface area contributed by atoms with Gasteiger partial charge in [0.1, 0.15) is 0 Å². The van der Waals surface area contributed by atoms with Crippen molar-refractivity contribution < 1.29 is 24.5 Å². The monoisotopic (exact) mass is 1060 g/mol. The predicted molar refractivity (Wildman–Crippen MR) is 329 cm³/mol. The zero-order chi connectivity index (χ0) is 54.3. The maximum Gasteiger partial charge on any atom is 0.305 e. The molecule has 6 heteroatoms. The minimum absolute atomic E-state index is 0.00742. The Kier molecular flexibility index (Phi) is 63.4. The molecule has 0 aromatic rings. The lowest BCUT2D eigenvalue weighted by Crippen LogP contribution is -2.45. The van der Waals surface area contributed by atoms with Crippen LogP contribution in [0, 0.1) is 0 Å². The summed E-state index contributed by atoms with van der Waals surface area (Å²) in [5.41, 5.74) is 0. The third-order valence-electron chi connectivity index (χ3n) is 16.0. The molecule has 2 unspecified atom stereocenters. The molecule has 3 N–H and O–H groups in total. The van der Waals surface area contributed by atoms with E-state index >= 15 is 0 Å². The summed E-state index contributed by atoms with van der Waals surface area (Å²) in [6.45, 7) is 4.96. The lowest BCUT2D eigenvalue weighted by molar-refractivity contribution is -0.143. The SMILES string of the molecule is CCCCC/C=C\CCCCCCCC(=O)OCCCCCCCCCCCCCC/C=C\CCCCCCCCCCCCCCCCC(=O)NC(CO)C(O)CCCCCCCCCCCCCCCCCC. The minimum atomic E-state index is -0.663. The maximum atomic E-state index is 12.5. The van der Waals surface area contributed by atoms with Gasteiger partial charge in [0.2, 0.25) is 5.91 Å². The number of hydrogen-bond acceptors (Lipinski definition) is 5. The van der Waals surface area contributed by atoms with Crippen LogP contribution in [0.2, 0.25) is 0 Å². The lowest BCUT2D eigenvalue weighted by atomic mass is 10.0. The summed E-state index contributed by atoms with van der Waals surface area (Å²) in [5.74, 6) is -0.0230. The van der Waals surface area contributed by atoms with Crippen LogP contribution in [0.1, 0.15) is 380 Å². The van der Waals surface area contributed by atoms with Crippen LogP contribution in [0.5, 0.6) is 0 Å². The molecule has 0 aromatic heterocycles. The lowest BCUT2D eigenvalue weighted by Gasteiger charge is -2.22. The normalized spacial score (nSPS) is 12.6. The summed E-state index contributed by atoms with van der Waals surface area (Å²) in [7, 11) is 0. The molecular formula is C69H133NO5. The number of ether oxygens (including phenoxy) is 1. The third kappa shape index (κ3) is 61.4. The van der Waals surface area contributed by atoms with Crippen molar-refractivity contribution in [2.24, 2.45) is 0 Å².